The van der Waals surface area contributed by atoms with Gasteiger partial charge in [0.05, 0.1) is 6.61 Å². The number of piperidine rings is 2. The minimum Gasteiger partial charge on any atom is -0.493 e. The SMILES string of the molecule is C[C@H](NC(=O)N1CC[C@@H]2[C@H](CCCN2C)C1)[C@H]1COc2ccccc21. The van der Waals surface area contributed by atoms with Gasteiger partial charge in [-0.2, -0.15) is 0 Å². The maximum Gasteiger partial charge on any atom is 0.317 e. The molecule has 5 heteroatoms. The van der Waals surface area contributed by atoms with E-state index in [0.717, 1.165) is 25.3 Å². The van der Waals surface area contributed by atoms with Crippen molar-refractivity contribution in [3.8, 4) is 5.75 Å². The number of hydrogen-bond donors (Lipinski definition) is 1. The Morgan fingerprint density at radius 3 is 3.00 bits per heavy atom. The molecule has 0 aromatic heterocycles. The van der Waals surface area contributed by atoms with Gasteiger partial charge >= 0.3 is 6.03 Å². The first-order chi connectivity index (χ1) is 12.1. The zero-order valence-electron chi connectivity index (χ0n) is 15.3. The molecule has 0 bridgehead atoms. The Morgan fingerprint density at radius 1 is 1.28 bits per heavy atom. The van der Waals surface area contributed by atoms with Crippen molar-refractivity contribution < 1.29 is 9.53 Å². The van der Waals surface area contributed by atoms with Gasteiger partial charge in [0.2, 0.25) is 0 Å². The molecule has 136 valence electrons. The maximum absolute atomic E-state index is 12.8. The molecule has 3 aliphatic heterocycles. The van der Waals surface area contributed by atoms with E-state index in [-0.39, 0.29) is 18.0 Å². The predicted molar refractivity (Wildman–Crippen MR) is 98.0 cm³/mol. The Bertz CT molecular complexity index is 635. The number of hydrogen-bond acceptors (Lipinski definition) is 3. The maximum atomic E-state index is 12.8. The molecule has 2 saturated heterocycles. The lowest BCUT2D eigenvalue weighted by Gasteiger charge is -2.46. The van der Waals surface area contributed by atoms with E-state index >= 15 is 0 Å². The number of amides is 2. The predicted octanol–water partition coefficient (Wildman–Crippen LogP) is 2.68. The average molecular weight is 343 g/mol. The molecular weight excluding hydrogens is 314 g/mol. The molecular formula is C20H29N3O2. The average Bonchev–Trinajstić information content (AvgIpc) is 3.06. The quantitative estimate of drug-likeness (QED) is 0.898. The summed E-state index contributed by atoms with van der Waals surface area (Å²) >= 11 is 0. The highest BCUT2D eigenvalue weighted by atomic mass is 16.5. The molecule has 1 aromatic carbocycles. The first kappa shape index (κ1) is 16.7. The van der Waals surface area contributed by atoms with Crippen LogP contribution in [-0.4, -0.2) is 61.2 Å². The van der Waals surface area contributed by atoms with Gasteiger partial charge in [0.25, 0.3) is 0 Å². The summed E-state index contributed by atoms with van der Waals surface area (Å²) in [4.78, 5) is 17.3. The molecule has 2 amide bonds. The second-order valence-electron chi connectivity index (χ2n) is 7.88. The molecule has 0 unspecified atom stereocenters. The second kappa shape index (κ2) is 6.87. The second-order valence-corrected chi connectivity index (χ2v) is 7.88. The topological polar surface area (TPSA) is 44.8 Å². The van der Waals surface area contributed by atoms with Gasteiger partial charge in [0.15, 0.2) is 0 Å². The van der Waals surface area contributed by atoms with Crippen molar-refractivity contribution in [1.82, 2.24) is 15.1 Å². The van der Waals surface area contributed by atoms with E-state index in [9.17, 15) is 4.79 Å². The van der Waals surface area contributed by atoms with E-state index in [2.05, 4.69) is 30.3 Å². The Hall–Kier alpha value is -1.75. The number of nitrogens with zero attached hydrogens (tertiary/aromatic N) is 2. The van der Waals surface area contributed by atoms with E-state index in [0.29, 0.717) is 18.6 Å². The highest BCUT2D eigenvalue weighted by Crippen LogP contribution is 2.35. The highest BCUT2D eigenvalue weighted by Gasteiger charge is 2.37. The highest BCUT2D eigenvalue weighted by molar-refractivity contribution is 5.75. The first-order valence-electron chi connectivity index (χ1n) is 9.61. The molecule has 1 N–H and O–H groups in total. The number of para-hydroxylation sites is 1. The minimum absolute atomic E-state index is 0.0721. The summed E-state index contributed by atoms with van der Waals surface area (Å²) in [6.07, 6.45) is 3.59. The molecule has 3 heterocycles. The Labute approximate surface area is 150 Å². The van der Waals surface area contributed by atoms with Crippen molar-refractivity contribution in [3.63, 3.8) is 0 Å². The summed E-state index contributed by atoms with van der Waals surface area (Å²) < 4.78 is 5.77. The van der Waals surface area contributed by atoms with Crippen LogP contribution in [-0.2, 0) is 0 Å². The standard InChI is InChI=1S/C20H29N3O2/c1-14(17-13-25-19-8-4-3-7-16(17)19)21-20(24)23-11-9-18-15(12-23)6-5-10-22(18)2/h3-4,7-8,14-15,17-18H,5-6,9-13H2,1-2H3,(H,21,24)/t14-,15+,17+,18+/m0/s1. The number of urea groups is 1. The molecule has 2 fully saturated rings. The minimum atomic E-state index is 0.0721. The van der Waals surface area contributed by atoms with Gasteiger partial charge in [-0.05, 0) is 51.8 Å². The molecule has 0 radical (unpaired) electrons. The van der Waals surface area contributed by atoms with Gasteiger partial charge in [0.1, 0.15) is 5.75 Å². The van der Waals surface area contributed by atoms with Crippen molar-refractivity contribution in [1.29, 1.82) is 0 Å². The van der Waals surface area contributed by atoms with Crippen LogP contribution in [0.4, 0.5) is 4.79 Å². The van der Waals surface area contributed by atoms with Crippen molar-refractivity contribution in [2.45, 2.75) is 44.2 Å². The van der Waals surface area contributed by atoms with E-state index in [1.54, 1.807) is 0 Å². The molecule has 0 spiro atoms. The Morgan fingerprint density at radius 2 is 2.12 bits per heavy atom. The van der Waals surface area contributed by atoms with Crippen molar-refractivity contribution in [3.05, 3.63) is 29.8 Å². The third-order valence-corrected chi connectivity index (χ3v) is 6.32. The molecule has 3 aliphatic rings. The molecule has 4 atom stereocenters. The summed E-state index contributed by atoms with van der Waals surface area (Å²) in [5.74, 6) is 1.82. The molecule has 4 rings (SSSR count). The Kier molecular flexibility index (Phi) is 4.59. The van der Waals surface area contributed by atoms with Crippen molar-refractivity contribution in [2.24, 2.45) is 5.92 Å². The number of rotatable bonds is 2. The van der Waals surface area contributed by atoms with Crippen LogP contribution >= 0.6 is 0 Å². The fourth-order valence-corrected chi connectivity index (χ4v) is 4.82. The van der Waals surface area contributed by atoms with E-state index in [1.807, 2.05) is 23.1 Å². The van der Waals surface area contributed by atoms with Crippen LogP contribution in [0.3, 0.4) is 0 Å². The molecule has 1 aromatic rings. The van der Waals surface area contributed by atoms with Gasteiger partial charge in [-0.15, -0.1) is 0 Å². The summed E-state index contributed by atoms with van der Waals surface area (Å²) in [7, 11) is 2.23. The van der Waals surface area contributed by atoms with Gasteiger partial charge in [-0.1, -0.05) is 18.2 Å². The first-order valence-corrected chi connectivity index (χ1v) is 9.61. The van der Waals surface area contributed by atoms with Crippen LogP contribution in [0, 0.1) is 5.92 Å². The zero-order chi connectivity index (χ0) is 17.4. The zero-order valence-corrected chi connectivity index (χ0v) is 15.3. The lowest BCUT2D eigenvalue weighted by Crippen LogP contribution is -2.56. The monoisotopic (exact) mass is 343 g/mol. The molecule has 25 heavy (non-hydrogen) atoms. The fourth-order valence-electron chi connectivity index (χ4n) is 4.82. The number of benzene rings is 1. The molecule has 0 saturated carbocycles. The van der Waals surface area contributed by atoms with Gasteiger partial charge in [-0.3, -0.25) is 0 Å². The molecule has 5 nitrogen and oxygen atoms in total. The molecule has 0 aliphatic carbocycles. The van der Waals surface area contributed by atoms with Crippen LogP contribution in [0.2, 0.25) is 0 Å². The largest absolute Gasteiger partial charge is 0.493 e. The van der Waals surface area contributed by atoms with E-state index < -0.39 is 0 Å². The summed E-state index contributed by atoms with van der Waals surface area (Å²) in [6.45, 7) is 5.70. The number of fused-ring (bicyclic) bond motifs is 2. The number of carbonyl (C=O) groups excluding carboxylic acids is 1. The normalized spacial score (nSPS) is 30.2. The number of carbonyl (C=O) groups is 1. The van der Waals surface area contributed by atoms with Gasteiger partial charge in [-0.25, -0.2) is 4.79 Å². The summed E-state index contributed by atoms with van der Waals surface area (Å²) in [5, 5.41) is 3.23. The third-order valence-electron chi connectivity index (χ3n) is 6.32. The van der Waals surface area contributed by atoms with E-state index in [4.69, 9.17) is 4.74 Å². The van der Waals surface area contributed by atoms with Crippen LogP contribution in [0.1, 0.15) is 37.7 Å². The van der Waals surface area contributed by atoms with Crippen LogP contribution in [0.5, 0.6) is 5.75 Å². The van der Waals surface area contributed by atoms with Gasteiger partial charge < -0.3 is 19.9 Å². The Balaban J connectivity index is 1.36. The van der Waals surface area contributed by atoms with Crippen LogP contribution in [0.25, 0.3) is 0 Å². The lowest BCUT2D eigenvalue weighted by molar-refractivity contribution is 0.0509. The van der Waals surface area contributed by atoms with Crippen LogP contribution in [0.15, 0.2) is 24.3 Å². The van der Waals surface area contributed by atoms with Crippen LogP contribution < -0.4 is 10.1 Å². The third kappa shape index (κ3) is 3.22. The van der Waals surface area contributed by atoms with Gasteiger partial charge in [0, 0.05) is 36.7 Å². The smallest absolute Gasteiger partial charge is 0.317 e. The number of likely N-dealkylation sites (tertiary alicyclic amines) is 2. The number of nitrogens with one attached hydrogen (secondary N) is 1. The van der Waals surface area contributed by atoms with Crippen molar-refractivity contribution >= 4 is 6.03 Å². The van der Waals surface area contributed by atoms with E-state index in [1.165, 1.54) is 24.9 Å². The summed E-state index contributed by atoms with van der Waals surface area (Å²) in [5.41, 5.74) is 1.21. The fraction of sp³-hybridized carbons (Fsp3) is 0.650. The lowest BCUT2D eigenvalue weighted by atomic mass is 9.84. The van der Waals surface area contributed by atoms with Crippen molar-refractivity contribution in [2.75, 3.05) is 33.3 Å². The number of ether oxygens (including phenoxy) is 1. The summed E-state index contributed by atoms with van der Waals surface area (Å²) in [6, 6.07) is 8.97.